The maximum Gasteiger partial charge on any atom is 0.110 e. The summed E-state index contributed by atoms with van der Waals surface area (Å²) in [6, 6.07) is 4.66. The van der Waals surface area contributed by atoms with Crippen molar-refractivity contribution in [3.05, 3.63) is 39.0 Å². The van der Waals surface area contributed by atoms with E-state index in [2.05, 4.69) is 63.0 Å². The molecular weight excluding hydrogens is 322 g/mol. The fraction of sp³-hybridized carbons (Fsp3) is 0.500. The van der Waals surface area contributed by atoms with Gasteiger partial charge in [0.15, 0.2) is 0 Å². The lowest BCUT2D eigenvalue weighted by Gasteiger charge is -2.17. The third-order valence-electron chi connectivity index (χ3n) is 3.11. The zero-order valence-electron chi connectivity index (χ0n) is 11.4. The number of aromatic nitrogens is 2. The van der Waals surface area contributed by atoms with Crippen molar-refractivity contribution < 1.29 is 0 Å². The monoisotopic (exact) mass is 341 g/mol. The Labute approximate surface area is 127 Å². The van der Waals surface area contributed by atoms with Crippen LogP contribution in [0.2, 0.25) is 0 Å². The van der Waals surface area contributed by atoms with Gasteiger partial charge < -0.3 is 9.88 Å². The highest BCUT2D eigenvalue weighted by molar-refractivity contribution is 9.11. The predicted octanol–water partition coefficient (Wildman–Crippen LogP) is 4.01. The molecule has 0 saturated carbocycles. The molecule has 104 valence electrons. The molecule has 0 radical (unpaired) electrons. The summed E-state index contributed by atoms with van der Waals surface area (Å²) in [7, 11) is 0. The summed E-state index contributed by atoms with van der Waals surface area (Å²) in [6.45, 7) is 6.36. The minimum Gasteiger partial charge on any atom is -0.335 e. The summed E-state index contributed by atoms with van der Waals surface area (Å²) in [4.78, 5) is 5.85. The van der Waals surface area contributed by atoms with Gasteiger partial charge in [0.2, 0.25) is 0 Å². The lowest BCUT2D eigenvalue weighted by Crippen LogP contribution is -2.24. The molecule has 2 aromatic heterocycles. The van der Waals surface area contributed by atoms with E-state index >= 15 is 0 Å². The minimum atomic E-state index is 0.351. The molecule has 0 amide bonds. The number of aryl methyl sites for hydroxylation is 1. The average molecular weight is 342 g/mol. The van der Waals surface area contributed by atoms with Crippen molar-refractivity contribution in [2.24, 2.45) is 0 Å². The van der Waals surface area contributed by atoms with Crippen molar-refractivity contribution in [1.82, 2.24) is 14.9 Å². The zero-order valence-corrected chi connectivity index (χ0v) is 13.8. The Bertz CT molecular complexity index is 506. The van der Waals surface area contributed by atoms with Crippen LogP contribution in [0, 0.1) is 0 Å². The van der Waals surface area contributed by atoms with E-state index in [0.717, 1.165) is 31.8 Å². The Morgan fingerprint density at radius 3 is 2.89 bits per heavy atom. The van der Waals surface area contributed by atoms with E-state index in [4.69, 9.17) is 0 Å². The molecule has 1 atom stereocenters. The van der Waals surface area contributed by atoms with E-state index in [0.29, 0.717) is 6.04 Å². The summed E-state index contributed by atoms with van der Waals surface area (Å²) < 4.78 is 3.40. The molecule has 0 fully saturated rings. The second-order valence-electron chi connectivity index (χ2n) is 4.48. The number of thiophene rings is 1. The normalized spacial score (nSPS) is 12.8. The van der Waals surface area contributed by atoms with Crippen LogP contribution in [0.4, 0.5) is 0 Å². The number of hydrogen-bond donors (Lipinski definition) is 1. The van der Waals surface area contributed by atoms with Crippen LogP contribution in [0.25, 0.3) is 0 Å². The van der Waals surface area contributed by atoms with Gasteiger partial charge in [0.25, 0.3) is 0 Å². The van der Waals surface area contributed by atoms with E-state index in [1.165, 1.54) is 8.66 Å². The predicted molar refractivity (Wildman–Crippen MR) is 84.7 cm³/mol. The van der Waals surface area contributed by atoms with Gasteiger partial charge in [-0.15, -0.1) is 11.3 Å². The molecule has 0 aliphatic carbocycles. The van der Waals surface area contributed by atoms with Crippen LogP contribution in [0.3, 0.4) is 0 Å². The molecule has 2 rings (SSSR count). The standard InChI is InChI=1S/C14H20BrN3S/c1-3-7-16-11(12-5-6-13(15)19-12)10-14-17-8-9-18(14)4-2/h5-6,8-9,11,16H,3-4,7,10H2,1-2H3. The number of halogens is 1. The molecule has 0 saturated heterocycles. The highest BCUT2D eigenvalue weighted by atomic mass is 79.9. The van der Waals surface area contributed by atoms with Gasteiger partial charge in [0.1, 0.15) is 5.82 Å². The second-order valence-corrected chi connectivity index (χ2v) is 6.98. The fourth-order valence-electron chi connectivity index (χ4n) is 2.11. The van der Waals surface area contributed by atoms with Gasteiger partial charge in [0, 0.05) is 36.3 Å². The molecule has 5 heteroatoms. The SMILES string of the molecule is CCCNC(Cc1nccn1CC)c1ccc(Br)s1. The molecule has 0 aromatic carbocycles. The van der Waals surface area contributed by atoms with Crippen LogP contribution in [0.1, 0.15) is 37.0 Å². The van der Waals surface area contributed by atoms with Gasteiger partial charge in [-0.3, -0.25) is 0 Å². The first-order chi connectivity index (χ1) is 9.24. The van der Waals surface area contributed by atoms with E-state index < -0.39 is 0 Å². The zero-order chi connectivity index (χ0) is 13.7. The van der Waals surface area contributed by atoms with E-state index in [1.807, 2.05) is 6.20 Å². The maximum atomic E-state index is 4.48. The molecule has 2 aromatic rings. The Kier molecular flexibility index (Phi) is 5.60. The molecule has 0 spiro atoms. The third kappa shape index (κ3) is 3.91. The van der Waals surface area contributed by atoms with E-state index in [9.17, 15) is 0 Å². The lowest BCUT2D eigenvalue weighted by atomic mass is 10.1. The Balaban J connectivity index is 2.14. The number of nitrogens with zero attached hydrogens (tertiary/aromatic N) is 2. The quantitative estimate of drug-likeness (QED) is 0.824. The topological polar surface area (TPSA) is 29.9 Å². The summed E-state index contributed by atoms with van der Waals surface area (Å²) in [5.41, 5.74) is 0. The highest BCUT2D eigenvalue weighted by Gasteiger charge is 2.16. The van der Waals surface area contributed by atoms with Crippen LogP contribution < -0.4 is 5.32 Å². The van der Waals surface area contributed by atoms with Gasteiger partial charge in [0.05, 0.1) is 3.79 Å². The number of imidazole rings is 1. The first-order valence-corrected chi connectivity index (χ1v) is 8.34. The Hall–Kier alpha value is -0.650. The van der Waals surface area contributed by atoms with Crippen LogP contribution >= 0.6 is 27.3 Å². The molecule has 0 bridgehead atoms. The van der Waals surface area contributed by atoms with Gasteiger partial charge >= 0.3 is 0 Å². The summed E-state index contributed by atoms with van der Waals surface area (Å²) in [5.74, 6) is 1.15. The number of rotatable bonds is 7. The lowest BCUT2D eigenvalue weighted by molar-refractivity contribution is 0.513. The Morgan fingerprint density at radius 2 is 2.26 bits per heavy atom. The van der Waals surface area contributed by atoms with Crippen LogP contribution in [0.5, 0.6) is 0 Å². The van der Waals surface area contributed by atoms with Crippen molar-refractivity contribution >= 4 is 27.3 Å². The maximum absolute atomic E-state index is 4.48. The molecule has 0 aliphatic heterocycles. The first kappa shape index (κ1) is 14.8. The van der Waals surface area contributed by atoms with Crippen LogP contribution in [-0.2, 0) is 13.0 Å². The van der Waals surface area contributed by atoms with Crippen molar-refractivity contribution in [2.45, 2.75) is 39.3 Å². The largest absolute Gasteiger partial charge is 0.335 e. The summed E-state index contributed by atoms with van der Waals surface area (Å²) >= 11 is 5.34. The van der Waals surface area contributed by atoms with Crippen molar-refractivity contribution in [2.75, 3.05) is 6.54 Å². The van der Waals surface area contributed by atoms with E-state index in [1.54, 1.807) is 11.3 Å². The number of nitrogens with one attached hydrogen (secondary N) is 1. The molecule has 0 aliphatic rings. The molecule has 1 unspecified atom stereocenters. The average Bonchev–Trinajstić information content (AvgIpc) is 3.02. The summed E-state index contributed by atoms with van der Waals surface area (Å²) in [6.07, 6.45) is 6.02. The molecule has 19 heavy (non-hydrogen) atoms. The van der Waals surface area contributed by atoms with Gasteiger partial charge in [-0.25, -0.2) is 4.98 Å². The van der Waals surface area contributed by atoms with Crippen molar-refractivity contribution in [1.29, 1.82) is 0 Å². The minimum absolute atomic E-state index is 0.351. The van der Waals surface area contributed by atoms with Crippen molar-refractivity contribution in [3.63, 3.8) is 0 Å². The van der Waals surface area contributed by atoms with Crippen LogP contribution in [0.15, 0.2) is 28.3 Å². The smallest absolute Gasteiger partial charge is 0.110 e. The molecule has 2 heterocycles. The molecular formula is C14H20BrN3S. The second kappa shape index (κ2) is 7.22. The first-order valence-electron chi connectivity index (χ1n) is 6.73. The molecule has 1 N–H and O–H groups in total. The van der Waals surface area contributed by atoms with Gasteiger partial charge in [-0.2, -0.15) is 0 Å². The Morgan fingerprint density at radius 1 is 1.42 bits per heavy atom. The molecule has 3 nitrogen and oxygen atoms in total. The summed E-state index contributed by atoms with van der Waals surface area (Å²) in [5, 5.41) is 3.62. The van der Waals surface area contributed by atoms with Crippen molar-refractivity contribution in [3.8, 4) is 0 Å². The highest BCUT2D eigenvalue weighted by Crippen LogP contribution is 2.29. The van der Waals surface area contributed by atoms with Gasteiger partial charge in [-0.1, -0.05) is 6.92 Å². The fourth-order valence-corrected chi connectivity index (χ4v) is 3.61. The van der Waals surface area contributed by atoms with E-state index in [-0.39, 0.29) is 0 Å². The van der Waals surface area contributed by atoms with Gasteiger partial charge in [-0.05, 0) is 48.0 Å². The third-order valence-corrected chi connectivity index (χ3v) is 4.84. The number of hydrogen-bond acceptors (Lipinski definition) is 3. The van der Waals surface area contributed by atoms with Crippen LogP contribution in [-0.4, -0.2) is 16.1 Å².